The van der Waals surface area contributed by atoms with E-state index in [0.29, 0.717) is 6.42 Å². The van der Waals surface area contributed by atoms with Gasteiger partial charge in [-0.2, -0.15) is 0 Å². The van der Waals surface area contributed by atoms with Crippen LogP contribution in [0.2, 0.25) is 0 Å². The molecule has 0 aromatic rings. The van der Waals surface area contributed by atoms with Gasteiger partial charge in [0.15, 0.2) is 6.29 Å². The van der Waals surface area contributed by atoms with Crippen molar-refractivity contribution in [3.63, 3.8) is 0 Å². The monoisotopic (exact) mass is 228 g/mol. The summed E-state index contributed by atoms with van der Waals surface area (Å²) in [6.45, 7) is 1.84. The molecule has 0 spiro atoms. The zero-order valence-electron chi connectivity index (χ0n) is 9.21. The van der Waals surface area contributed by atoms with E-state index in [1.165, 1.54) is 0 Å². The molecule has 0 fully saturated rings. The molecule has 0 aromatic carbocycles. The first-order valence-electron chi connectivity index (χ1n) is 4.90. The second-order valence-electron chi connectivity index (χ2n) is 2.49. The lowest BCUT2D eigenvalue weighted by atomic mass is 10.3. The molecule has 0 aliphatic carbocycles. The summed E-state index contributed by atoms with van der Waals surface area (Å²) in [6, 6.07) is 0. The summed E-state index contributed by atoms with van der Waals surface area (Å²) in [6.07, 6.45) is 0.738. The SMILES string of the molecule is CCC(O)O.OCCCCO.OCCO. The molecule has 0 heterocycles. The van der Waals surface area contributed by atoms with Gasteiger partial charge in [0.2, 0.25) is 0 Å². The number of aliphatic hydroxyl groups is 6. The standard InChI is InChI=1S/C4H10O2.C3H8O2.C2H6O2/c5-3-1-2-4-6;1-2-3(4)5;3-1-2-4/h5-6H,1-4H2;3-5H,2H2,1H3;3-4H,1-2H2. The minimum Gasteiger partial charge on any atom is -0.396 e. The van der Waals surface area contributed by atoms with Gasteiger partial charge in [0.05, 0.1) is 13.2 Å². The van der Waals surface area contributed by atoms with Crippen molar-refractivity contribution < 1.29 is 30.6 Å². The highest BCUT2D eigenvalue weighted by molar-refractivity contribution is 4.30. The van der Waals surface area contributed by atoms with Crippen LogP contribution in [0.25, 0.3) is 0 Å². The van der Waals surface area contributed by atoms with Crippen molar-refractivity contribution in [1.82, 2.24) is 0 Å². The molecule has 6 N–H and O–H groups in total. The molecule has 6 nitrogen and oxygen atoms in total. The van der Waals surface area contributed by atoms with E-state index >= 15 is 0 Å². The summed E-state index contributed by atoms with van der Waals surface area (Å²) in [5.41, 5.74) is 0. The molecule has 0 radical (unpaired) electrons. The van der Waals surface area contributed by atoms with Crippen LogP contribution in [0, 0.1) is 0 Å². The predicted molar refractivity (Wildman–Crippen MR) is 56.1 cm³/mol. The molecule has 0 aliphatic rings. The lowest BCUT2D eigenvalue weighted by Crippen LogP contribution is -1.99. The maximum Gasteiger partial charge on any atom is 0.151 e. The molecular weight excluding hydrogens is 204 g/mol. The summed E-state index contributed by atoms with van der Waals surface area (Å²) < 4.78 is 0. The molecule has 0 saturated carbocycles. The summed E-state index contributed by atoms with van der Waals surface area (Å²) in [5, 5.41) is 47.3. The molecule has 0 atom stereocenters. The van der Waals surface area contributed by atoms with Gasteiger partial charge in [-0.25, -0.2) is 0 Å². The zero-order valence-corrected chi connectivity index (χ0v) is 9.21. The molecule has 0 aromatic heterocycles. The average molecular weight is 228 g/mol. The maximum absolute atomic E-state index is 8.09. The summed E-state index contributed by atoms with van der Waals surface area (Å²) >= 11 is 0. The Balaban J connectivity index is -0.000000147. The molecule has 15 heavy (non-hydrogen) atoms. The Hall–Kier alpha value is -0.240. The van der Waals surface area contributed by atoms with E-state index in [9.17, 15) is 0 Å². The Bertz CT molecular complexity index is 73.0. The van der Waals surface area contributed by atoms with Crippen LogP contribution in [0.5, 0.6) is 0 Å². The van der Waals surface area contributed by atoms with E-state index in [1.54, 1.807) is 6.92 Å². The van der Waals surface area contributed by atoms with Gasteiger partial charge < -0.3 is 30.6 Å². The summed E-state index contributed by atoms with van der Waals surface area (Å²) in [5.74, 6) is 0. The van der Waals surface area contributed by atoms with Crippen LogP contribution in [0.4, 0.5) is 0 Å². The van der Waals surface area contributed by atoms with Gasteiger partial charge >= 0.3 is 0 Å². The van der Waals surface area contributed by atoms with Crippen LogP contribution in [0.1, 0.15) is 26.2 Å². The van der Waals surface area contributed by atoms with E-state index < -0.39 is 6.29 Å². The van der Waals surface area contributed by atoms with Crippen LogP contribution in [-0.4, -0.2) is 63.4 Å². The first kappa shape index (κ1) is 20.2. The third-order valence-corrected chi connectivity index (χ3v) is 1.03. The van der Waals surface area contributed by atoms with Crippen molar-refractivity contribution in [3.8, 4) is 0 Å². The molecule has 0 rings (SSSR count). The maximum atomic E-state index is 8.09. The van der Waals surface area contributed by atoms with Gasteiger partial charge in [0, 0.05) is 13.2 Å². The third kappa shape index (κ3) is 57.4. The third-order valence-electron chi connectivity index (χ3n) is 1.03. The van der Waals surface area contributed by atoms with Gasteiger partial charge in [0.1, 0.15) is 0 Å². The number of aliphatic hydroxyl groups excluding tert-OH is 5. The van der Waals surface area contributed by atoms with Crippen molar-refractivity contribution in [3.05, 3.63) is 0 Å². The first-order chi connectivity index (χ1) is 7.10. The Labute approximate surface area is 90.4 Å². The fourth-order valence-electron chi connectivity index (χ4n) is 0.224. The van der Waals surface area contributed by atoms with E-state index in [2.05, 4.69) is 0 Å². The van der Waals surface area contributed by atoms with Crippen LogP contribution < -0.4 is 0 Å². The Kier molecular flexibility index (Phi) is 31.7. The number of unbranched alkanes of at least 4 members (excludes halogenated alkanes) is 1. The van der Waals surface area contributed by atoms with Gasteiger partial charge in [-0.1, -0.05) is 6.92 Å². The minimum absolute atomic E-state index is 0.125. The fourth-order valence-corrected chi connectivity index (χ4v) is 0.224. The zero-order chi connectivity index (χ0) is 12.5. The van der Waals surface area contributed by atoms with Gasteiger partial charge in [-0.3, -0.25) is 0 Å². The minimum atomic E-state index is -1.12. The van der Waals surface area contributed by atoms with Crippen LogP contribution in [0.3, 0.4) is 0 Å². The van der Waals surface area contributed by atoms with Crippen molar-refractivity contribution >= 4 is 0 Å². The predicted octanol–water partition coefficient (Wildman–Crippen LogP) is -1.57. The van der Waals surface area contributed by atoms with Crippen LogP contribution in [-0.2, 0) is 0 Å². The van der Waals surface area contributed by atoms with Crippen molar-refractivity contribution in [2.45, 2.75) is 32.5 Å². The highest BCUT2D eigenvalue weighted by Gasteiger charge is 1.83. The van der Waals surface area contributed by atoms with E-state index in [-0.39, 0.29) is 26.4 Å². The molecule has 0 saturated heterocycles. The highest BCUT2D eigenvalue weighted by Crippen LogP contribution is 1.80. The second kappa shape index (κ2) is 23.5. The van der Waals surface area contributed by atoms with Crippen LogP contribution in [0.15, 0.2) is 0 Å². The fraction of sp³-hybridized carbons (Fsp3) is 1.00. The number of rotatable bonds is 5. The second-order valence-corrected chi connectivity index (χ2v) is 2.49. The van der Waals surface area contributed by atoms with Gasteiger partial charge in [0.25, 0.3) is 0 Å². The van der Waals surface area contributed by atoms with Crippen LogP contribution >= 0.6 is 0 Å². The lowest BCUT2D eigenvalue weighted by molar-refractivity contribution is -0.0413. The normalized spacial score (nSPS) is 8.80. The molecule has 96 valence electrons. The van der Waals surface area contributed by atoms with Gasteiger partial charge in [-0.05, 0) is 19.3 Å². The van der Waals surface area contributed by atoms with Crippen molar-refractivity contribution in [2.75, 3.05) is 26.4 Å². The quantitative estimate of drug-likeness (QED) is 0.250. The van der Waals surface area contributed by atoms with Crippen molar-refractivity contribution in [2.24, 2.45) is 0 Å². The van der Waals surface area contributed by atoms with E-state index in [0.717, 1.165) is 12.8 Å². The van der Waals surface area contributed by atoms with Crippen molar-refractivity contribution in [1.29, 1.82) is 0 Å². The van der Waals surface area contributed by atoms with E-state index in [1.807, 2.05) is 0 Å². The Morgan fingerprint density at radius 2 is 1.00 bits per heavy atom. The molecule has 6 heteroatoms. The largest absolute Gasteiger partial charge is 0.396 e. The first-order valence-corrected chi connectivity index (χ1v) is 4.90. The summed E-state index contributed by atoms with van der Waals surface area (Å²) in [4.78, 5) is 0. The van der Waals surface area contributed by atoms with E-state index in [4.69, 9.17) is 30.6 Å². The highest BCUT2D eigenvalue weighted by atomic mass is 16.5. The Morgan fingerprint density at radius 1 is 0.733 bits per heavy atom. The molecule has 0 unspecified atom stereocenters. The number of hydrogen-bond acceptors (Lipinski definition) is 6. The topological polar surface area (TPSA) is 121 Å². The summed E-state index contributed by atoms with van der Waals surface area (Å²) in [7, 11) is 0. The Morgan fingerprint density at radius 3 is 1.07 bits per heavy atom. The molecule has 0 amide bonds. The van der Waals surface area contributed by atoms with Gasteiger partial charge in [-0.15, -0.1) is 0 Å². The lowest BCUT2D eigenvalue weighted by Gasteiger charge is -1.90. The number of hydrogen-bond donors (Lipinski definition) is 6. The molecular formula is C9H24O6. The molecule has 0 aliphatic heterocycles. The average Bonchev–Trinajstić information content (AvgIpc) is 2.27. The molecule has 0 bridgehead atoms. The smallest absolute Gasteiger partial charge is 0.151 e.